The molecule has 5 nitrogen and oxygen atoms in total. The molecule has 0 atom stereocenters. The maximum atomic E-state index is 12.2. The lowest BCUT2D eigenvalue weighted by molar-refractivity contribution is -0.118. The largest absolute Gasteiger partial charge is 0.483 e. The van der Waals surface area contributed by atoms with E-state index in [0.29, 0.717) is 16.3 Å². The highest BCUT2D eigenvalue weighted by Crippen LogP contribution is 2.32. The van der Waals surface area contributed by atoms with Gasteiger partial charge in [0.05, 0.1) is 12.7 Å². The second-order valence-electron chi connectivity index (χ2n) is 5.58. The number of esters is 1. The summed E-state index contributed by atoms with van der Waals surface area (Å²) in [5.74, 6) is -0.105. The number of methoxy groups -OCH3 is 1. The molecule has 1 aromatic heterocycles. The van der Waals surface area contributed by atoms with Crippen molar-refractivity contribution in [2.24, 2.45) is 0 Å². The molecule has 0 saturated heterocycles. The first-order valence-corrected chi connectivity index (χ1v) is 8.33. The van der Waals surface area contributed by atoms with Crippen LogP contribution in [0.5, 0.6) is 5.75 Å². The number of nitrogens with one attached hydrogen (secondary N) is 1. The number of anilines is 1. The highest BCUT2D eigenvalue weighted by Gasteiger charge is 2.21. The van der Waals surface area contributed by atoms with Gasteiger partial charge >= 0.3 is 5.97 Å². The van der Waals surface area contributed by atoms with E-state index >= 15 is 0 Å². The van der Waals surface area contributed by atoms with Crippen LogP contribution in [0.25, 0.3) is 0 Å². The second kappa shape index (κ2) is 7.49. The number of hydrogen-bond acceptors (Lipinski definition) is 5. The topological polar surface area (TPSA) is 64.6 Å². The first kappa shape index (κ1) is 18.0. The Kier molecular flexibility index (Phi) is 5.62. The fourth-order valence-corrected chi connectivity index (χ4v) is 3.39. The van der Waals surface area contributed by atoms with Gasteiger partial charge in [0, 0.05) is 4.88 Å². The lowest BCUT2D eigenvalue weighted by Crippen LogP contribution is -2.21. The molecule has 1 heterocycles. The van der Waals surface area contributed by atoms with E-state index in [-0.39, 0.29) is 12.5 Å². The Morgan fingerprint density at radius 2 is 1.88 bits per heavy atom. The molecule has 1 amide bonds. The van der Waals surface area contributed by atoms with E-state index in [9.17, 15) is 9.59 Å². The van der Waals surface area contributed by atoms with Gasteiger partial charge in [-0.3, -0.25) is 4.79 Å². The van der Waals surface area contributed by atoms with Gasteiger partial charge in [0.25, 0.3) is 5.91 Å². The number of ether oxygens (including phenoxy) is 2. The van der Waals surface area contributed by atoms with Crippen molar-refractivity contribution in [3.8, 4) is 5.75 Å². The van der Waals surface area contributed by atoms with Crippen LogP contribution in [0.1, 0.15) is 31.9 Å². The average Bonchev–Trinajstić information content (AvgIpc) is 2.80. The molecule has 0 bridgehead atoms. The van der Waals surface area contributed by atoms with Crippen LogP contribution in [0.3, 0.4) is 0 Å². The molecule has 2 aromatic rings. The van der Waals surface area contributed by atoms with Crippen LogP contribution < -0.4 is 10.1 Å². The summed E-state index contributed by atoms with van der Waals surface area (Å²) >= 11 is 1.35. The smallest absolute Gasteiger partial charge is 0.341 e. The third kappa shape index (κ3) is 3.94. The molecular formula is C18H21NO4S. The van der Waals surface area contributed by atoms with E-state index in [1.165, 1.54) is 18.4 Å². The number of aryl methyl sites for hydroxylation is 3. The van der Waals surface area contributed by atoms with Gasteiger partial charge in [-0.25, -0.2) is 4.79 Å². The monoisotopic (exact) mass is 347 g/mol. The number of rotatable bonds is 5. The predicted molar refractivity (Wildman–Crippen MR) is 95.2 cm³/mol. The second-order valence-corrected chi connectivity index (χ2v) is 6.81. The van der Waals surface area contributed by atoms with Crippen molar-refractivity contribution in [2.45, 2.75) is 27.7 Å². The van der Waals surface area contributed by atoms with Gasteiger partial charge in [-0.05, 0) is 44.9 Å². The molecule has 0 spiro atoms. The minimum atomic E-state index is -0.456. The van der Waals surface area contributed by atoms with E-state index in [2.05, 4.69) is 5.32 Å². The van der Waals surface area contributed by atoms with Gasteiger partial charge < -0.3 is 14.8 Å². The number of carbonyl (C=O) groups is 2. The SMILES string of the molecule is COC(=O)c1c(NC(=O)COc2ccc(C)cc2C)sc(C)c1C. The van der Waals surface area contributed by atoms with Crippen molar-refractivity contribution in [1.82, 2.24) is 0 Å². The minimum absolute atomic E-state index is 0.124. The molecular weight excluding hydrogens is 326 g/mol. The van der Waals surface area contributed by atoms with Crippen LogP contribution in [0.2, 0.25) is 0 Å². The van der Waals surface area contributed by atoms with E-state index in [1.54, 1.807) is 0 Å². The number of carbonyl (C=O) groups excluding carboxylic acids is 2. The molecule has 0 unspecified atom stereocenters. The first-order chi connectivity index (χ1) is 11.3. The molecule has 128 valence electrons. The maximum absolute atomic E-state index is 12.2. The molecule has 24 heavy (non-hydrogen) atoms. The van der Waals surface area contributed by atoms with Crippen LogP contribution in [-0.2, 0) is 9.53 Å². The van der Waals surface area contributed by atoms with Crippen LogP contribution in [0.4, 0.5) is 5.00 Å². The molecule has 1 N–H and O–H groups in total. The molecule has 1 aromatic carbocycles. The standard InChI is InChI=1S/C18H21NO4S/c1-10-6-7-14(11(2)8-10)23-9-15(20)19-17-16(18(21)22-5)12(3)13(4)24-17/h6-8H,9H2,1-5H3,(H,19,20). The van der Waals surface area contributed by atoms with Crippen molar-refractivity contribution >= 4 is 28.2 Å². The van der Waals surface area contributed by atoms with Gasteiger partial charge in [0.1, 0.15) is 10.8 Å². The van der Waals surface area contributed by atoms with Crippen molar-refractivity contribution in [3.05, 3.63) is 45.3 Å². The number of thiophene rings is 1. The molecule has 0 fully saturated rings. The molecule has 6 heteroatoms. The van der Waals surface area contributed by atoms with Crippen LogP contribution in [0, 0.1) is 27.7 Å². The zero-order valence-corrected chi connectivity index (χ0v) is 15.3. The first-order valence-electron chi connectivity index (χ1n) is 7.51. The molecule has 0 saturated carbocycles. The number of amides is 1. The zero-order chi connectivity index (χ0) is 17.9. The maximum Gasteiger partial charge on any atom is 0.341 e. The molecule has 0 aliphatic carbocycles. The summed E-state index contributed by atoms with van der Waals surface area (Å²) in [6.07, 6.45) is 0. The van der Waals surface area contributed by atoms with Gasteiger partial charge in [0.15, 0.2) is 6.61 Å². The average molecular weight is 347 g/mol. The summed E-state index contributed by atoms with van der Waals surface area (Å²) in [7, 11) is 1.32. The van der Waals surface area contributed by atoms with Crippen LogP contribution in [0.15, 0.2) is 18.2 Å². The molecule has 0 aliphatic rings. The summed E-state index contributed by atoms with van der Waals surface area (Å²) < 4.78 is 10.4. The van der Waals surface area contributed by atoms with Gasteiger partial charge in [-0.15, -0.1) is 11.3 Å². The van der Waals surface area contributed by atoms with Crippen molar-refractivity contribution < 1.29 is 19.1 Å². The summed E-state index contributed by atoms with van der Waals surface area (Å²) in [6, 6.07) is 5.77. The van der Waals surface area contributed by atoms with Gasteiger partial charge in [-0.1, -0.05) is 17.7 Å². The fraction of sp³-hybridized carbons (Fsp3) is 0.333. The Bertz CT molecular complexity index is 780. The van der Waals surface area contributed by atoms with E-state index < -0.39 is 5.97 Å². The zero-order valence-electron chi connectivity index (χ0n) is 14.5. The van der Waals surface area contributed by atoms with Crippen LogP contribution >= 0.6 is 11.3 Å². The summed E-state index contributed by atoms with van der Waals surface area (Å²) in [6.45, 7) is 7.54. The minimum Gasteiger partial charge on any atom is -0.483 e. The van der Waals surface area contributed by atoms with E-state index in [0.717, 1.165) is 21.6 Å². The molecule has 0 aliphatic heterocycles. The Morgan fingerprint density at radius 3 is 2.50 bits per heavy atom. The van der Waals surface area contributed by atoms with Crippen molar-refractivity contribution in [1.29, 1.82) is 0 Å². The number of hydrogen-bond donors (Lipinski definition) is 1. The predicted octanol–water partition coefficient (Wildman–Crippen LogP) is 3.79. The lowest BCUT2D eigenvalue weighted by Gasteiger charge is -2.10. The quantitative estimate of drug-likeness (QED) is 0.836. The van der Waals surface area contributed by atoms with Gasteiger partial charge in [-0.2, -0.15) is 0 Å². The highest BCUT2D eigenvalue weighted by atomic mass is 32.1. The Morgan fingerprint density at radius 1 is 1.17 bits per heavy atom. The van der Waals surface area contributed by atoms with Crippen LogP contribution in [-0.4, -0.2) is 25.6 Å². The Balaban J connectivity index is 2.07. The third-order valence-corrected chi connectivity index (χ3v) is 4.84. The van der Waals surface area contributed by atoms with Crippen molar-refractivity contribution in [3.63, 3.8) is 0 Å². The molecule has 0 radical (unpaired) electrons. The highest BCUT2D eigenvalue weighted by molar-refractivity contribution is 7.16. The van der Waals surface area contributed by atoms with E-state index in [4.69, 9.17) is 9.47 Å². The molecule has 2 rings (SSSR count). The van der Waals surface area contributed by atoms with E-state index in [1.807, 2.05) is 45.9 Å². The normalized spacial score (nSPS) is 10.4. The van der Waals surface area contributed by atoms with Gasteiger partial charge in [0.2, 0.25) is 0 Å². The third-order valence-electron chi connectivity index (χ3n) is 3.72. The summed E-state index contributed by atoms with van der Waals surface area (Å²) in [4.78, 5) is 25.0. The van der Waals surface area contributed by atoms with Crippen molar-refractivity contribution in [2.75, 3.05) is 19.0 Å². The fourth-order valence-electron chi connectivity index (χ4n) is 2.33. The summed E-state index contributed by atoms with van der Waals surface area (Å²) in [5, 5.41) is 3.23. The number of benzene rings is 1. The Labute approximate surface area is 145 Å². The Hall–Kier alpha value is -2.34. The lowest BCUT2D eigenvalue weighted by atomic mass is 10.1. The summed E-state index contributed by atoms with van der Waals surface area (Å²) in [5.41, 5.74) is 3.33.